The molecular formula is C16H13BrN2O2S. The molecule has 0 aliphatic rings. The van der Waals surface area contributed by atoms with E-state index in [0.717, 1.165) is 24.8 Å². The lowest BCUT2D eigenvalue weighted by Crippen LogP contribution is -2.26. The highest BCUT2D eigenvalue weighted by Crippen LogP contribution is 2.44. The third-order valence-electron chi connectivity index (χ3n) is 3.08. The summed E-state index contributed by atoms with van der Waals surface area (Å²) in [5.41, 5.74) is -0.123. The van der Waals surface area contributed by atoms with E-state index in [0.29, 0.717) is 5.69 Å². The highest BCUT2D eigenvalue weighted by Gasteiger charge is 2.23. The number of thiophene rings is 1. The molecule has 2 heterocycles. The minimum Gasteiger partial charge on any atom is -0.443 e. The fourth-order valence-corrected chi connectivity index (χ4v) is 4.18. The van der Waals surface area contributed by atoms with E-state index in [2.05, 4.69) is 20.8 Å². The van der Waals surface area contributed by atoms with Crippen LogP contribution in [0.1, 0.15) is 20.8 Å². The van der Waals surface area contributed by atoms with E-state index >= 15 is 0 Å². The molecule has 0 radical (unpaired) electrons. The summed E-state index contributed by atoms with van der Waals surface area (Å²) in [6.07, 6.45) is 1.09. The number of nitrogens with zero attached hydrogens (tertiary/aromatic N) is 2. The standard InChI is InChI=1S/C16H13BrN2O2S/c1-16(2,3)21-15(20)19-8-10(18-4)13-12-9(17)6-5-7-11(12)22-14(13)19/h5-8H,1-3H3. The van der Waals surface area contributed by atoms with Gasteiger partial charge in [0.2, 0.25) is 5.69 Å². The molecule has 0 amide bonds. The Kier molecular flexibility index (Phi) is 3.50. The van der Waals surface area contributed by atoms with Crippen LogP contribution in [0.15, 0.2) is 28.9 Å². The molecule has 0 spiro atoms. The van der Waals surface area contributed by atoms with E-state index in [1.807, 2.05) is 39.0 Å². The van der Waals surface area contributed by atoms with Crippen LogP contribution in [0.5, 0.6) is 0 Å². The first kappa shape index (κ1) is 15.1. The van der Waals surface area contributed by atoms with Crippen LogP contribution < -0.4 is 0 Å². The van der Waals surface area contributed by atoms with Crippen molar-refractivity contribution >= 4 is 59.4 Å². The molecule has 0 aliphatic heterocycles. The number of fused-ring (bicyclic) bond motifs is 3. The SMILES string of the molecule is [C-]#[N+]c1cn(C(=O)OC(C)(C)C)c2sc3cccc(Br)c3c12. The van der Waals surface area contributed by atoms with Crippen molar-refractivity contribution in [2.45, 2.75) is 26.4 Å². The number of carbonyl (C=O) groups excluding carboxylic acids is 1. The third-order valence-corrected chi connectivity index (χ3v) is 4.90. The van der Waals surface area contributed by atoms with Crippen molar-refractivity contribution in [2.24, 2.45) is 0 Å². The van der Waals surface area contributed by atoms with Crippen molar-refractivity contribution in [2.75, 3.05) is 0 Å². The van der Waals surface area contributed by atoms with Crippen molar-refractivity contribution < 1.29 is 9.53 Å². The van der Waals surface area contributed by atoms with E-state index in [1.165, 1.54) is 15.9 Å². The summed E-state index contributed by atoms with van der Waals surface area (Å²) >= 11 is 5.02. The predicted octanol–water partition coefficient (Wildman–Crippen LogP) is 5.95. The third kappa shape index (κ3) is 2.40. The number of carbonyl (C=O) groups is 1. The maximum atomic E-state index is 12.4. The fraction of sp³-hybridized carbons (Fsp3) is 0.250. The summed E-state index contributed by atoms with van der Waals surface area (Å²) in [6, 6.07) is 5.86. The van der Waals surface area contributed by atoms with Crippen LogP contribution in [0.3, 0.4) is 0 Å². The van der Waals surface area contributed by atoms with Crippen LogP contribution in [0, 0.1) is 6.57 Å². The molecule has 0 saturated carbocycles. The van der Waals surface area contributed by atoms with Crippen LogP contribution in [0.25, 0.3) is 25.1 Å². The number of hydrogen-bond donors (Lipinski definition) is 0. The van der Waals surface area contributed by atoms with Crippen LogP contribution in [0.2, 0.25) is 0 Å². The van der Waals surface area contributed by atoms with Gasteiger partial charge in [-0.1, -0.05) is 22.0 Å². The number of ether oxygens (including phenoxy) is 1. The Morgan fingerprint density at radius 1 is 1.36 bits per heavy atom. The van der Waals surface area contributed by atoms with Crippen LogP contribution in [-0.4, -0.2) is 16.3 Å². The van der Waals surface area contributed by atoms with Crippen molar-refractivity contribution in [3.63, 3.8) is 0 Å². The number of halogens is 1. The van der Waals surface area contributed by atoms with E-state index in [4.69, 9.17) is 11.3 Å². The molecular weight excluding hydrogens is 364 g/mol. The molecule has 3 rings (SSSR count). The van der Waals surface area contributed by atoms with Crippen molar-refractivity contribution in [1.29, 1.82) is 0 Å². The summed E-state index contributed by atoms with van der Waals surface area (Å²) in [5, 5.41) is 1.77. The molecule has 22 heavy (non-hydrogen) atoms. The second kappa shape index (κ2) is 5.11. The lowest BCUT2D eigenvalue weighted by Gasteiger charge is -2.19. The van der Waals surface area contributed by atoms with Crippen molar-refractivity contribution in [3.05, 3.63) is 40.3 Å². The van der Waals surface area contributed by atoms with E-state index in [1.54, 1.807) is 6.20 Å². The number of benzene rings is 1. The van der Waals surface area contributed by atoms with E-state index < -0.39 is 11.7 Å². The van der Waals surface area contributed by atoms with Gasteiger partial charge in [0.25, 0.3) is 0 Å². The molecule has 0 bridgehead atoms. The Hall–Kier alpha value is -1.84. The van der Waals surface area contributed by atoms with Gasteiger partial charge in [0.15, 0.2) is 0 Å². The average Bonchev–Trinajstić information content (AvgIpc) is 2.93. The largest absolute Gasteiger partial charge is 0.443 e. The van der Waals surface area contributed by atoms with Gasteiger partial charge in [-0.05, 0) is 32.9 Å². The second-order valence-electron chi connectivity index (χ2n) is 5.87. The summed E-state index contributed by atoms with van der Waals surface area (Å²) in [5.74, 6) is 0. The monoisotopic (exact) mass is 376 g/mol. The Labute approximate surface area is 140 Å². The molecule has 6 heteroatoms. The molecule has 1 aromatic carbocycles. The molecule has 4 nitrogen and oxygen atoms in total. The molecule has 0 fully saturated rings. The topological polar surface area (TPSA) is 35.6 Å². The van der Waals surface area contributed by atoms with Crippen LogP contribution >= 0.6 is 27.3 Å². The first-order valence-corrected chi connectivity index (χ1v) is 8.25. The van der Waals surface area contributed by atoms with E-state index in [-0.39, 0.29) is 0 Å². The first-order chi connectivity index (χ1) is 10.3. The molecule has 0 aliphatic carbocycles. The lowest BCUT2D eigenvalue weighted by atomic mass is 10.2. The molecule has 2 aromatic heterocycles. The maximum absolute atomic E-state index is 12.4. The molecule has 0 saturated heterocycles. The number of hydrogen-bond acceptors (Lipinski definition) is 3. The quantitative estimate of drug-likeness (QED) is 0.454. The normalized spacial score (nSPS) is 11.8. The average molecular weight is 377 g/mol. The predicted molar refractivity (Wildman–Crippen MR) is 92.9 cm³/mol. The van der Waals surface area contributed by atoms with Crippen molar-refractivity contribution in [1.82, 2.24) is 4.57 Å². The summed E-state index contributed by atoms with van der Waals surface area (Å²) in [6.45, 7) is 12.9. The highest BCUT2D eigenvalue weighted by molar-refractivity contribution is 9.10. The minimum absolute atomic E-state index is 0.457. The first-order valence-electron chi connectivity index (χ1n) is 6.64. The number of rotatable bonds is 0. The van der Waals surface area contributed by atoms with Gasteiger partial charge in [0, 0.05) is 26.1 Å². The zero-order chi connectivity index (χ0) is 16.1. The van der Waals surface area contributed by atoms with E-state index in [9.17, 15) is 4.79 Å². The Bertz CT molecular complexity index is 941. The molecule has 3 aromatic rings. The molecule has 0 atom stereocenters. The summed E-state index contributed by atoms with van der Waals surface area (Å²) in [4.78, 5) is 16.7. The Morgan fingerprint density at radius 3 is 2.73 bits per heavy atom. The fourth-order valence-electron chi connectivity index (χ4n) is 2.28. The Balaban J connectivity index is 2.30. The van der Waals surface area contributed by atoms with Gasteiger partial charge >= 0.3 is 6.09 Å². The van der Waals surface area contributed by atoms with Gasteiger partial charge in [0.05, 0.1) is 6.57 Å². The lowest BCUT2D eigenvalue weighted by molar-refractivity contribution is 0.0545. The second-order valence-corrected chi connectivity index (χ2v) is 7.76. The van der Waals surface area contributed by atoms with Crippen LogP contribution in [-0.2, 0) is 4.74 Å². The van der Waals surface area contributed by atoms with Gasteiger partial charge in [-0.15, -0.1) is 11.3 Å². The summed E-state index contributed by atoms with van der Waals surface area (Å²) < 4.78 is 8.82. The molecule has 0 unspecified atom stereocenters. The van der Waals surface area contributed by atoms with Gasteiger partial charge < -0.3 is 4.74 Å². The maximum Gasteiger partial charge on any atom is 0.418 e. The number of aromatic nitrogens is 1. The highest BCUT2D eigenvalue weighted by atomic mass is 79.9. The Morgan fingerprint density at radius 2 is 2.09 bits per heavy atom. The van der Waals surface area contributed by atoms with Gasteiger partial charge in [0.1, 0.15) is 10.4 Å². The van der Waals surface area contributed by atoms with Gasteiger partial charge in [-0.3, -0.25) is 4.57 Å². The van der Waals surface area contributed by atoms with Gasteiger partial charge in [-0.25, -0.2) is 9.64 Å². The molecule has 0 N–H and O–H groups in total. The van der Waals surface area contributed by atoms with Gasteiger partial charge in [-0.2, -0.15) is 0 Å². The molecule has 112 valence electrons. The zero-order valence-corrected chi connectivity index (χ0v) is 14.7. The van der Waals surface area contributed by atoms with Crippen molar-refractivity contribution in [3.8, 4) is 0 Å². The smallest absolute Gasteiger partial charge is 0.418 e. The van der Waals surface area contributed by atoms with Crippen LogP contribution in [0.4, 0.5) is 10.5 Å². The zero-order valence-electron chi connectivity index (χ0n) is 12.3. The minimum atomic E-state index is -0.580. The summed E-state index contributed by atoms with van der Waals surface area (Å²) in [7, 11) is 0.